The first kappa shape index (κ1) is 16.3. The van der Waals surface area contributed by atoms with Gasteiger partial charge in [-0.15, -0.1) is 0 Å². The minimum atomic E-state index is 0.627. The van der Waals surface area contributed by atoms with Gasteiger partial charge in [0.1, 0.15) is 0 Å². The molecule has 0 aliphatic carbocycles. The second-order valence-electron chi connectivity index (χ2n) is 4.81. The zero-order chi connectivity index (χ0) is 15.3. The smallest absolute Gasteiger partial charge is 0.0701 e. The average molecular weight is 300 g/mol. The van der Waals surface area contributed by atoms with Crippen LogP contribution in [-0.4, -0.2) is 39.5 Å². The van der Waals surface area contributed by atoms with Crippen molar-refractivity contribution in [2.24, 2.45) is 0 Å². The van der Waals surface area contributed by atoms with E-state index in [9.17, 15) is 0 Å². The molecule has 0 amide bonds. The Morgan fingerprint density at radius 2 is 0.955 bits per heavy atom. The Kier molecular flexibility index (Phi) is 7.91. The predicted octanol–water partition coefficient (Wildman–Crippen LogP) is 3.24. The molecule has 0 aliphatic heterocycles. The Balaban J connectivity index is 1.37. The molecule has 0 saturated heterocycles. The Labute approximate surface area is 132 Å². The van der Waals surface area contributed by atoms with Crippen molar-refractivity contribution >= 4 is 11.4 Å². The lowest BCUT2D eigenvalue weighted by molar-refractivity contribution is 0.0557. The maximum Gasteiger partial charge on any atom is 0.0701 e. The van der Waals surface area contributed by atoms with E-state index in [0.29, 0.717) is 26.4 Å². The first-order valence-corrected chi connectivity index (χ1v) is 7.68. The van der Waals surface area contributed by atoms with Gasteiger partial charge < -0.3 is 20.1 Å². The first-order chi connectivity index (χ1) is 10.9. The van der Waals surface area contributed by atoms with Crippen molar-refractivity contribution in [3.05, 3.63) is 60.7 Å². The van der Waals surface area contributed by atoms with E-state index >= 15 is 0 Å². The van der Waals surface area contributed by atoms with E-state index < -0.39 is 0 Å². The minimum absolute atomic E-state index is 0.627. The third-order valence-electron chi connectivity index (χ3n) is 3.07. The van der Waals surface area contributed by atoms with Crippen LogP contribution in [-0.2, 0) is 9.47 Å². The molecule has 0 radical (unpaired) electrons. The number of ether oxygens (including phenoxy) is 2. The highest BCUT2D eigenvalue weighted by molar-refractivity contribution is 5.42. The third-order valence-corrected chi connectivity index (χ3v) is 3.07. The predicted molar refractivity (Wildman–Crippen MR) is 91.5 cm³/mol. The van der Waals surface area contributed by atoms with Crippen molar-refractivity contribution in [1.82, 2.24) is 0 Å². The summed E-state index contributed by atoms with van der Waals surface area (Å²) in [6, 6.07) is 20.2. The van der Waals surface area contributed by atoms with Crippen molar-refractivity contribution in [2.75, 3.05) is 50.2 Å². The SMILES string of the molecule is c1ccc(NCCOCCOCCNc2ccccc2)cc1. The number of rotatable bonds is 11. The van der Waals surface area contributed by atoms with Gasteiger partial charge in [0.15, 0.2) is 0 Å². The molecule has 0 heterocycles. The second-order valence-corrected chi connectivity index (χ2v) is 4.81. The topological polar surface area (TPSA) is 42.5 Å². The van der Waals surface area contributed by atoms with Gasteiger partial charge in [0.25, 0.3) is 0 Å². The Morgan fingerprint density at radius 3 is 1.36 bits per heavy atom. The van der Waals surface area contributed by atoms with E-state index in [1.807, 2.05) is 60.7 Å². The highest BCUT2D eigenvalue weighted by Gasteiger charge is 1.93. The van der Waals surface area contributed by atoms with Gasteiger partial charge in [-0.1, -0.05) is 36.4 Å². The van der Waals surface area contributed by atoms with Gasteiger partial charge in [-0.3, -0.25) is 0 Å². The largest absolute Gasteiger partial charge is 0.383 e. The van der Waals surface area contributed by atoms with Gasteiger partial charge in [0, 0.05) is 24.5 Å². The van der Waals surface area contributed by atoms with Crippen LogP contribution in [0, 0.1) is 0 Å². The summed E-state index contributed by atoms with van der Waals surface area (Å²) in [6.07, 6.45) is 0. The summed E-state index contributed by atoms with van der Waals surface area (Å²) in [6.45, 7) is 4.23. The molecule has 0 bridgehead atoms. The van der Waals surface area contributed by atoms with Gasteiger partial charge >= 0.3 is 0 Å². The number of para-hydroxylation sites is 2. The van der Waals surface area contributed by atoms with Crippen molar-refractivity contribution in [1.29, 1.82) is 0 Å². The van der Waals surface area contributed by atoms with E-state index in [0.717, 1.165) is 24.5 Å². The Hall–Kier alpha value is -2.04. The van der Waals surface area contributed by atoms with E-state index in [1.165, 1.54) is 0 Å². The lowest BCUT2D eigenvalue weighted by Crippen LogP contribution is -2.15. The molecule has 4 heteroatoms. The fourth-order valence-corrected chi connectivity index (χ4v) is 1.97. The molecule has 0 unspecified atom stereocenters. The van der Waals surface area contributed by atoms with Crippen LogP contribution in [0.4, 0.5) is 11.4 Å². The summed E-state index contributed by atoms with van der Waals surface area (Å²) in [4.78, 5) is 0. The fourth-order valence-electron chi connectivity index (χ4n) is 1.97. The molecule has 0 fully saturated rings. The van der Waals surface area contributed by atoms with Gasteiger partial charge in [-0.25, -0.2) is 0 Å². The zero-order valence-corrected chi connectivity index (χ0v) is 12.8. The summed E-state index contributed by atoms with van der Waals surface area (Å²) in [7, 11) is 0. The average Bonchev–Trinajstić information content (AvgIpc) is 2.58. The molecular formula is C18H24N2O2. The van der Waals surface area contributed by atoms with Gasteiger partial charge in [0.05, 0.1) is 26.4 Å². The summed E-state index contributed by atoms with van der Waals surface area (Å²) in [5.41, 5.74) is 2.24. The monoisotopic (exact) mass is 300 g/mol. The number of benzene rings is 2. The molecule has 0 spiro atoms. The maximum atomic E-state index is 5.51. The molecule has 0 aromatic heterocycles. The number of hydrogen-bond acceptors (Lipinski definition) is 4. The first-order valence-electron chi connectivity index (χ1n) is 7.68. The van der Waals surface area contributed by atoms with Crippen molar-refractivity contribution < 1.29 is 9.47 Å². The van der Waals surface area contributed by atoms with Crippen LogP contribution >= 0.6 is 0 Å². The molecule has 0 atom stereocenters. The molecule has 4 nitrogen and oxygen atoms in total. The number of hydrogen-bond donors (Lipinski definition) is 2. The van der Waals surface area contributed by atoms with E-state index in [2.05, 4.69) is 10.6 Å². The Morgan fingerprint density at radius 1 is 0.545 bits per heavy atom. The molecule has 2 rings (SSSR count). The highest BCUT2D eigenvalue weighted by Crippen LogP contribution is 2.04. The van der Waals surface area contributed by atoms with Crippen LogP contribution < -0.4 is 10.6 Å². The number of anilines is 2. The Bertz CT molecular complexity index is 443. The molecule has 2 aromatic carbocycles. The standard InChI is InChI=1S/C18H24N2O2/c1-3-7-17(8-4-1)19-11-13-21-15-16-22-14-12-20-18-9-5-2-6-10-18/h1-10,19-20H,11-16H2. The zero-order valence-electron chi connectivity index (χ0n) is 12.8. The molecule has 2 N–H and O–H groups in total. The summed E-state index contributed by atoms with van der Waals surface area (Å²) < 4.78 is 11.0. The lowest BCUT2D eigenvalue weighted by Gasteiger charge is -2.09. The molecule has 118 valence electrons. The van der Waals surface area contributed by atoms with Crippen LogP contribution in [0.25, 0.3) is 0 Å². The van der Waals surface area contributed by atoms with Gasteiger partial charge in [-0.2, -0.15) is 0 Å². The van der Waals surface area contributed by atoms with Crippen LogP contribution in [0.5, 0.6) is 0 Å². The van der Waals surface area contributed by atoms with Crippen molar-refractivity contribution in [3.8, 4) is 0 Å². The quantitative estimate of drug-likeness (QED) is 0.625. The highest BCUT2D eigenvalue weighted by atomic mass is 16.5. The molecule has 2 aromatic rings. The molecule has 22 heavy (non-hydrogen) atoms. The lowest BCUT2D eigenvalue weighted by atomic mass is 10.3. The normalized spacial score (nSPS) is 10.4. The minimum Gasteiger partial charge on any atom is -0.383 e. The van der Waals surface area contributed by atoms with Crippen LogP contribution in [0.1, 0.15) is 0 Å². The second kappa shape index (κ2) is 10.7. The molecule has 0 aliphatic rings. The van der Waals surface area contributed by atoms with E-state index in [1.54, 1.807) is 0 Å². The van der Waals surface area contributed by atoms with E-state index in [-0.39, 0.29) is 0 Å². The summed E-state index contributed by atoms with van der Waals surface area (Å²) >= 11 is 0. The maximum absolute atomic E-state index is 5.51. The van der Waals surface area contributed by atoms with Crippen LogP contribution in [0.2, 0.25) is 0 Å². The molecule has 0 saturated carbocycles. The summed E-state index contributed by atoms with van der Waals surface area (Å²) in [5, 5.41) is 6.60. The fraction of sp³-hybridized carbons (Fsp3) is 0.333. The third kappa shape index (κ3) is 7.11. The summed E-state index contributed by atoms with van der Waals surface area (Å²) in [5.74, 6) is 0. The van der Waals surface area contributed by atoms with Crippen LogP contribution in [0.3, 0.4) is 0 Å². The van der Waals surface area contributed by atoms with Gasteiger partial charge in [0.2, 0.25) is 0 Å². The number of nitrogens with one attached hydrogen (secondary N) is 2. The van der Waals surface area contributed by atoms with Crippen molar-refractivity contribution in [3.63, 3.8) is 0 Å². The van der Waals surface area contributed by atoms with Crippen molar-refractivity contribution in [2.45, 2.75) is 0 Å². The molecular weight excluding hydrogens is 276 g/mol. The van der Waals surface area contributed by atoms with Gasteiger partial charge in [-0.05, 0) is 24.3 Å². The van der Waals surface area contributed by atoms with E-state index in [4.69, 9.17) is 9.47 Å². The van der Waals surface area contributed by atoms with Crippen LogP contribution in [0.15, 0.2) is 60.7 Å².